The fourth-order valence-electron chi connectivity index (χ4n) is 2.20. The Kier molecular flexibility index (Phi) is 4.88. The van der Waals surface area contributed by atoms with Gasteiger partial charge >= 0.3 is 0 Å². The molecule has 3 nitrogen and oxygen atoms in total. The van der Waals surface area contributed by atoms with Crippen molar-refractivity contribution in [3.05, 3.63) is 24.3 Å². The molecule has 0 saturated carbocycles. The van der Waals surface area contributed by atoms with E-state index in [1.54, 1.807) is 0 Å². The number of benzene rings is 1. The molecule has 1 aromatic rings. The van der Waals surface area contributed by atoms with Gasteiger partial charge in [0.25, 0.3) is 0 Å². The number of rotatable bonds is 4. The number of anilines is 1. The van der Waals surface area contributed by atoms with Crippen molar-refractivity contribution in [2.75, 3.05) is 31.1 Å². The Morgan fingerprint density at radius 1 is 1.28 bits per heavy atom. The molecule has 2 rings (SSSR count). The summed E-state index contributed by atoms with van der Waals surface area (Å²) in [5, 5.41) is 3.44. The zero-order valence-corrected chi connectivity index (χ0v) is 11.5. The number of hydrogen-bond acceptors (Lipinski definition) is 3. The van der Waals surface area contributed by atoms with Crippen LogP contribution in [0.3, 0.4) is 0 Å². The molecule has 1 saturated heterocycles. The first-order chi connectivity index (χ1) is 8.81. The minimum Gasteiger partial charge on any atom is -0.489 e. The lowest BCUT2D eigenvalue weighted by Gasteiger charge is -2.26. The molecule has 1 aliphatic rings. The predicted octanol–water partition coefficient (Wildman–Crippen LogP) is 2.66. The van der Waals surface area contributed by atoms with Gasteiger partial charge in [-0.25, -0.2) is 0 Å². The number of hydrogen-bond donors (Lipinski definition) is 1. The molecule has 1 aliphatic heterocycles. The minimum absolute atomic E-state index is 0.274. The molecular formula is C15H24N2O. The number of nitrogens with zero attached hydrogens (tertiary/aromatic N) is 1. The molecule has 18 heavy (non-hydrogen) atoms. The van der Waals surface area contributed by atoms with E-state index in [0.717, 1.165) is 38.3 Å². The van der Waals surface area contributed by atoms with E-state index < -0.39 is 0 Å². The van der Waals surface area contributed by atoms with Gasteiger partial charge in [-0.1, -0.05) is 19.1 Å². The van der Waals surface area contributed by atoms with Crippen molar-refractivity contribution in [2.24, 2.45) is 0 Å². The zero-order valence-electron chi connectivity index (χ0n) is 11.5. The molecule has 1 heterocycles. The molecule has 1 atom stereocenters. The Hall–Kier alpha value is -1.22. The summed E-state index contributed by atoms with van der Waals surface area (Å²) in [6.45, 7) is 8.61. The maximum absolute atomic E-state index is 6.03. The smallest absolute Gasteiger partial charge is 0.142 e. The van der Waals surface area contributed by atoms with Crippen LogP contribution in [0.5, 0.6) is 5.75 Å². The molecule has 100 valence electrons. The van der Waals surface area contributed by atoms with Crippen molar-refractivity contribution in [3.8, 4) is 5.75 Å². The number of ether oxygens (including phenoxy) is 1. The van der Waals surface area contributed by atoms with Crippen molar-refractivity contribution < 1.29 is 4.74 Å². The van der Waals surface area contributed by atoms with Crippen molar-refractivity contribution in [1.82, 2.24) is 5.32 Å². The third-order valence-corrected chi connectivity index (χ3v) is 3.45. The van der Waals surface area contributed by atoms with E-state index in [-0.39, 0.29) is 6.10 Å². The van der Waals surface area contributed by atoms with Gasteiger partial charge in [0.15, 0.2) is 0 Å². The summed E-state index contributed by atoms with van der Waals surface area (Å²) in [7, 11) is 0. The van der Waals surface area contributed by atoms with Gasteiger partial charge in [-0.2, -0.15) is 0 Å². The Morgan fingerprint density at radius 3 is 2.94 bits per heavy atom. The fraction of sp³-hybridized carbons (Fsp3) is 0.600. The van der Waals surface area contributed by atoms with Crippen molar-refractivity contribution in [3.63, 3.8) is 0 Å². The highest BCUT2D eigenvalue weighted by molar-refractivity contribution is 5.58. The lowest BCUT2D eigenvalue weighted by atomic mass is 10.2. The molecular weight excluding hydrogens is 224 g/mol. The molecule has 0 bridgehead atoms. The molecule has 0 amide bonds. The van der Waals surface area contributed by atoms with Gasteiger partial charge in [-0.05, 0) is 38.4 Å². The Labute approximate surface area is 110 Å². The van der Waals surface area contributed by atoms with Gasteiger partial charge in [-0.15, -0.1) is 0 Å². The summed E-state index contributed by atoms with van der Waals surface area (Å²) >= 11 is 0. The standard InChI is InChI=1S/C15H24N2O/c1-3-13(2)18-15-8-5-4-7-14(15)17-11-6-9-16-10-12-17/h4-5,7-8,13,16H,3,6,9-12H2,1-2H3. The van der Waals surface area contributed by atoms with Crippen LogP contribution in [0.2, 0.25) is 0 Å². The highest BCUT2D eigenvalue weighted by Gasteiger charge is 2.14. The summed E-state index contributed by atoms with van der Waals surface area (Å²) in [6, 6.07) is 8.40. The topological polar surface area (TPSA) is 24.5 Å². The molecule has 1 aromatic carbocycles. The van der Waals surface area contributed by atoms with Crippen LogP contribution in [0.15, 0.2) is 24.3 Å². The monoisotopic (exact) mass is 248 g/mol. The van der Waals surface area contributed by atoms with E-state index in [9.17, 15) is 0 Å². The van der Waals surface area contributed by atoms with Crippen LogP contribution in [0, 0.1) is 0 Å². The lowest BCUT2D eigenvalue weighted by Crippen LogP contribution is -2.28. The maximum atomic E-state index is 6.03. The van der Waals surface area contributed by atoms with Gasteiger partial charge in [0.2, 0.25) is 0 Å². The van der Waals surface area contributed by atoms with Crippen LogP contribution < -0.4 is 15.0 Å². The first kappa shape index (κ1) is 13.2. The van der Waals surface area contributed by atoms with E-state index in [0.29, 0.717) is 0 Å². The normalized spacial score (nSPS) is 18.2. The quantitative estimate of drug-likeness (QED) is 0.886. The SMILES string of the molecule is CCC(C)Oc1ccccc1N1CCCNCC1. The van der Waals surface area contributed by atoms with Crippen LogP contribution in [0.25, 0.3) is 0 Å². The third-order valence-electron chi connectivity index (χ3n) is 3.45. The largest absolute Gasteiger partial charge is 0.489 e. The van der Waals surface area contributed by atoms with E-state index in [1.807, 2.05) is 0 Å². The molecule has 0 aliphatic carbocycles. The first-order valence-corrected chi connectivity index (χ1v) is 7.02. The first-order valence-electron chi connectivity index (χ1n) is 7.02. The molecule has 0 aromatic heterocycles. The number of nitrogens with one attached hydrogen (secondary N) is 1. The molecule has 1 unspecified atom stereocenters. The second-order valence-corrected chi connectivity index (χ2v) is 4.90. The van der Waals surface area contributed by atoms with Crippen LogP contribution in [-0.4, -0.2) is 32.3 Å². The predicted molar refractivity (Wildman–Crippen MR) is 76.5 cm³/mol. The fourth-order valence-corrected chi connectivity index (χ4v) is 2.20. The highest BCUT2D eigenvalue weighted by Crippen LogP contribution is 2.29. The summed E-state index contributed by atoms with van der Waals surface area (Å²) in [6.07, 6.45) is 2.50. The van der Waals surface area contributed by atoms with Gasteiger partial charge in [0.1, 0.15) is 5.75 Å². The molecule has 0 radical (unpaired) electrons. The Bertz CT molecular complexity index is 359. The molecule has 1 fully saturated rings. The van der Waals surface area contributed by atoms with E-state index in [2.05, 4.69) is 48.3 Å². The van der Waals surface area contributed by atoms with Gasteiger partial charge in [-0.3, -0.25) is 0 Å². The van der Waals surface area contributed by atoms with E-state index >= 15 is 0 Å². The summed E-state index contributed by atoms with van der Waals surface area (Å²) < 4.78 is 6.03. The van der Waals surface area contributed by atoms with Gasteiger partial charge < -0.3 is 15.0 Å². The molecule has 0 spiro atoms. The molecule has 3 heteroatoms. The van der Waals surface area contributed by atoms with Crippen molar-refractivity contribution >= 4 is 5.69 Å². The average molecular weight is 248 g/mol. The van der Waals surface area contributed by atoms with Gasteiger partial charge in [0.05, 0.1) is 11.8 Å². The average Bonchev–Trinajstić information content (AvgIpc) is 2.68. The van der Waals surface area contributed by atoms with Gasteiger partial charge in [0, 0.05) is 19.6 Å². The molecule has 1 N–H and O–H groups in total. The van der Waals surface area contributed by atoms with Crippen molar-refractivity contribution in [2.45, 2.75) is 32.8 Å². The van der Waals surface area contributed by atoms with E-state index in [1.165, 1.54) is 12.1 Å². The zero-order chi connectivity index (χ0) is 12.8. The third kappa shape index (κ3) is 3.39. The van der Waals surface area contributed by atoms with E-state index in [4.69, 9.17) is 4.74 Å². The van der Waals surface area contributed by atoms with Crippen LogP contribution in [0.4, 0.5) is 5.69 Å². The highest BCUT2D eigenvalue weighted by atomic mass is 16.5. The lowest BCUT2D eigenvalue weighted by molar-refractivity contribution is 0.218. The Balaban J connectivity index is 2.14. The second-order valence-electron chi connectivity index (χ2n) is 4.90. The summed E-state index contributed by atoms with van der Waals surface area (Å²) in [5.74, 6) is 1.02. The summed E-state index contributed by atoms with van der Waals surface area (Å²) in [4.78, 5) is 2.43. The van der Waals surface area contributed by atoms with Crippen LogP contribution in [0.1, 0.15) is 26.7 Å². The van der Waals surface area contributed by atoms with Crippen LogP contribution in [-0.2, 0) is 0 Å². The minimum atomic E-state index is 0.274. The maximum Gasteiger partial charge on any atom is 0.142 e. The Morgan fingerprint density at radius 2 is 2.11 bits per heavy atom. The second kappa shape index (κ2) is 6.64. The number of para-hydroxylation sites is 2. The summed E-state index contributed by atoms with van der Waals surface area (Å²) in [5.41, 5.74) is 1.24. The van der Waals surface area contributed by atoms with Crippen molar-refractivity contribution in [1.29, 1.82) is 0 Å². The van der Waals surface area contributed by atoms with Crippen LogP contribution >= 0.6 is 0 Å².